The lowest BCUT2D eigenvalue weighted by atomic mass is 9.99. The number of morpholine rings is 1. The minimum Gasteiger partial charge on any atom is -0.378 e. The number of pyridine rings is 1. The molecule has 0 amide bonds. The van der Waals surface area contributed by atoms with Crippen LogP contribution in [0.15, 0.2) is 22.8 Å². The molecule has 2 aliphatic rings. The third-order valence-electron chi connectivity index (χ3n) is 3.51. The number of hydrogen-bond donors (Lipinski definition) is 1. The maximum atomic E-state index is 5.60. The van der Waals surface area contributed by atoms with E-state index < -0.39 is 0 Å². The van der Waals surface area contributed by atoms with E-state index in [4.69, 9.17) is 4.74 Å². The number of aromatic nitrogens is 1. The maximum Gasteiger partial charge on any atom is 0.129 e. The van der Waals surface area contributed by atoms with Crippen LogP contribution in [0, 0.1) is 0 Å². The van der Waals surface area contributed by atoms with E-state index >= 15 is 0 Å². The summed E-state index contributed by atoms with van der Waals surface area (Å²) in [6.07, 6.45) is 2.97. The Morgan fingerprint density at radius 1 is 1.53 bits per heavy atom. The Kier molecular flexibility index (Phi) is 3.06. The minimum atomic E-state index is 0.141. The van der Waals surface area contributed by atoms with E-state index in [1.807, 2.05) is 12.3 Å². The van der Waals surface area contributed by atoms with Crippen LogP contribution >= 0.6 is 15.9 Å². The molecular weight excluding hydrogens is 282 g/mol. The molecule has 5 heteroatoms. The van der Waals surface area contributed by atoms with Gasteiger partial charge in [0.05, 0.1) is 18.8 Å². The summed E-state index contributed by atoms with van der Waals surface area (Å²) in [5, 5.41) is 3.60. The number of rotatable bonds is 1. The molecule has 1 atom stereocenters. The largest absolute Gasteiger partial charge is 0.378 e. The Hall–Kier alpha value is -0.650. The minimum absolute atomic E-state index is 0.141. The first-order valence-electron chi connectivity index (χ1n) is 5.97. The first-order chi connectivity index (χ1) is 8.27. The normalized spacial score (nSPS) is 28.9. The van der Waals surface area contributed by atoms with Crippen molar-refractivity contribution in [1.82, 2.24) is 10.3 Å². The van der Waals surface area contributed by atoms with Gasteiger partial charge in [0.15, 0.2) is 0 Å². The number of hydrogen-bond acceptors (Lipinski definition) is 4. The molecule has 1 spiro atoms. The zero-order valence-electron chi connectivity index (χ0n) is 9.66. The predicted octanol–water partition coefficient (Wildman–Crippen LogP) is 1.41. The SMILES string of the molecule is Brc1ccnc(N2CCC3(COCCN3)C2)c1. The molecule has 4 nitrogen and oxygen atoms in total. The van der Waals surface area contributed by atoms with Crippen LogP contribution in [0.2, 0.25) is 0 Å². The highest BCUT2D eigenvalue weighted by molar-refractivity contribution is 9.10. The summed E-state index contributed by atoms with van der Waals surface area (Å²) < 4.78 is 6.68. The fourth-order valence-electron chi connectivity index (χ4n) is 2.60. The van der Waals surface area contributed by atoms with E-state index in [1.54, 1.807) is 0 Å². The first kappa shape index (κ1) is 11.4. The van der Waals surface area contributed by atoms with Gasteiger partial charge >= 0.3 is 0 Å². The van der Waals surface area contributed by atoms with E-state index in [1.165, 1.54) is 0 Å². The Bertz CT molecular complexity index is 406. The zero-order chi connectivity index (χ0) is 11.7. The third-order valence-corrected chi connectivity index (χ3v) is 4.00. The van der Waals surface area contributed by atoms with Gasteiger partial charge in [-0.15, -0.1) is 0 Å². The molecule has 3 rings (SSSR count). The molecule has 0 aliphatic carbocycles. The molecule has 0 aromatic carbocycles. The fourth-order valence-corrected chi connectivity index (χ4v) is 2.93. The molecular formula is C12H16BrN3O. The average Bonchev–Trinajstić information content (AvgIpc) is 2.74. The highest BCUT2D eigenvalue weighted by atomic mass is 79.9. The van der Waals surface area contributed by atoms with Gasteiger partial charge in [-0.05, 0) is 18.6 Å². The van der Waals surface area contributed by atoms with Crippen LogP contribution in [0.4, 0.5) is 5.82 Å². The van der Waals surface area contributed by atoms with Gasteiger partial charge in [-0.3, -0.25) is 0 Å². The van der Waals surface area contributed by atoms with Crippen molar-refractivity contribution in [2.75, 3.05) is 37.7 Å². The van der Waals surface area contributed by atoms with Gasteiger partial charge in [-0.1, -0.05) is 15.9 Å². The van der Waals surface area contributed by atoms with Crippen LogP contribution in [0.25, 0.3) is 0 Å². The van der Waals surface area contributed by atoms with Gasteiger partial charge in [-0.25, -0.2) is 4.98 Å². The molecule has 1 N–H and O–H groups in total. The second kappa shape index (κ2) is 4.55. The highest BCUT2D eigenvalue weighted by Gasteiger charge is 2.40. The molecule has 17 heavy (non-hydrogen) atoms. The van der Waals surface area contributed by atoms with Crippen molar-refractivity contribution in [3.05, 3.63) is 22.8 Å². The molecule has 0 radical (unpaired) electrons. The first-order valence-corrected chi connectivity index (χ1v) is 6.76. The van der Waals surface area contributed by atoms with Crippen LogP contribution in [0.1, 0.15) is 6.42 Å². The number of anilines is 1. The number of ether oxygens (including phenoxy) is 1. The molecule has 92 valence electrons. The van der Waals surface area contributed by atoms with Gasteiger partial charge in [-0.2, -0.15) is 0 Å². The molecule has 0 saturated carbocycles. The number of halogens is 1. The molecule has 2 aliphatic heterocycles. The lowest BCUT2D eigenvalue weighted by Gasteiger charge is -2.34. The summed E-state index contributed by atoms with van der Waals surface area (Å²) in [5.74, 6) is 1.05. The number of nitrogens with zero attached hydrogens (tertiary/aromatic N) is 2. The van der Waals surface area contributed by atoms with E-state index in [0.29, 0.717) is 0 Å². The van der Waals surface area contributed by atoms with Gasteiger partial charge in [0.1, 0.15) is 5.82 Å². The predicted molar refractivity (Wildman–Crippen MR) is 70.3 cm³/mol. The van der Waals surface area contributed by atoms with Crippen LogP contribution in [0.3, 0.4) is 0 Å². The van der Waals surface area contributed by atoms with Crippen molar-refractivity contribution < 1.29 is 4.74 Å². The quantitative estimate of drug-likeness (QED) is 0.851. The third kappa shape index (κ3) is 2.32. The van der Waals surface area contributed by atoms with Crippen molar-refractivity contribution in [2.45, 2.75) is 12.0 Å². The van der Waals surface area contributed by atoms with Crippen molar-refractivity contribution in [2.24, 2.45) is 0 Å². The molecule has 2 saturated heterocycles. The van der Waals surface area contributed by atoms with Crippen molar-refractivity contribution in [3.8, 4) is 0 Å². The van der Waals surface area contributed by atoms with Crippen LogP contribution in [0.5, 0.6) is 0 Å². The summed E-state index contributed by atoms with van der Waals surface area (Å²) in [5.41, 5.74) is 0.141. The van der Waals surface area contributed by atoms with Crippen molar-refractivity contribution in [3.63, 3.8) is 0 Å². The Labute approximate surface area is 109 Å². The summed E-state index contributed by atoms with van der Waals surface area (Å²) in [7, 11) is 0. The molecule has 0 bridgehead atoms. The van der Waals surface area contributed by atoms with E-state index in [2.05, 4.69) is 37.2 Å². The lowest BCUT2D eigenvalue weighted by Crippen LogP contribution is -2.55. The molecule has 1 aromatic heterocycles. The van der Waals surface area contributed by atoms with Crippen LogP contribution in [-0.2, 0) is 4.74 Å². The zero-order valence-corrected chi connectivity index (χ0v) is 11.2. The fraction of sp³-hybridized carbons (Fsp3) is 0.583. The highest BCUT2D eigenvalue weighted by Crippen LogP contribution is 2.28. The van der Waals surface area contributed by atoms with Gasteiger partial charge in [0, 0.05) is 30.3 Å². The Morgan fingerprint density at radius 2 is 2.47 bits per heavy atom. The molecule has 1 aromatic rings. The van der Waals surface area contributed by atoms with E-state index in [-0.39, 0.29) is 5.54 Å². The summed E-state index contributed by atoms with van der Waals surface area (Å²) in [4.78, 5) is 6.75. The van der Waals surface area contributed by atoms with E-state index in [9.17, 15) is 0 Å². The topological polar surface area (TPSA) is 37.4 Å². The monoisotopic (exact) mass is 297 g/mol. The second-order valence-electron chi connectivity index (χ2n) is 4.76. The van der Waals surface area contributed by atoms with Gasteiger partial charge < -0.3 is 15.0 Å². The lowest BCUT2D eigenvalue weighted by molar-refractivity contribution is 0.0368. The summed E-state index contributed by atoms with van der Waals surface area (Å²) >= 11 is 3.49. The Balaban J connectivity index is 1.75. The summed E-state index contributed by atoms with van der Waals surface area (Å²) in [6, 6.07) is 4.03. The maximum absolute atomic E-state index is 5.60. The summed E-state index contributed by atoms with van der Waals surface area (Å²) in [6.45, 7) is 4.63. The van der Waals surface area contributed by atoms with Crippen molar-refractivity contribution >= 4 is 21.7 Å². The standard InChI is InChI=1S/C12H16BrN3O/c13-10-1-3-14-11(7-10)16-5-2-12(8-16)9-17-6-4-15-12/h1,3,7,15H,2,4-6,8-9H2. The molecule has 3 heterocycles. The average molecular weight is 298 g/mol. The smallest absolute Gasteiger partial charge is 0.129 e. The van der Waals surface area contributed by atoms with Gasteiger partial charge in [0.25, 0.3) is 0 Å². The molecule has 1 unspecified atom stereocenters. The van der Waals surface area contributed by atoms with Crippen molar-refractivity contribution in [1.29, 1.82) is 0 Å². The number of nitrogens with one attached hydrogen (secondary N) is 1. The molecule has 2 fully saturated rings. The van der Waals surface area contributed by atoms with Crippen LogP contribution < -0.4 is 10.2 Å². The second-order valence-corrected chi connectivity index (χ2v) is 5.68. The Morgan fingerprint density at radius 3 is 3.24 bits per heavy atom. The van der Waals surface area contributed by atoms with Crippen LogP contribution in [-0.4, -0.2) is 43.4 Å². The van der Waals surface area contributed by atoms with Gasteiger partial charge in [0.2, 0.25) is 0 Å². The van der Waals surface area contributed by atoms with E-state index in [0.717, 1.165) is 49.6 Å².